The zero-order chi connectivity index (χ0) is 25.7. The molecule has 0 saturated heterocycles. The summed E-state index contributed by atoms with van der Waals surface area (Å²) in [7, 11) is 1.32. The van der Waals surface area contributed by atoms with E-state index < -0.39 is 17.2 Å². The molecule has 0 unspecified atom stereocenters. The van der Waals surface area contributed by atoms with E-state index in [0.717, 1.165) is 18.4 Å². The molecule has 0 fully saturated rings. The lowest BCUT2D eigenvalue weighted by molar-refractivity contribution is -0.116. The number of carbonyl (C=O) groups excluding carboxylic acids is 2. The lowest BCUT2D eigenvalue weighted by Gasteiger charge is -2.12. The van der Waals surface area contributed by atoms with Gasteiger partial charge in [-0.3, -0.25) is 19.1 Å². The molecule has 188 valence electrons. The predicted octanol–water partition coefficient (Wildman–Crippen LogP) is 3.01. The third-order valence-corrected chi connectivity index (χ3v) is 5.74. The number of unbranched alkanes of at least 4 members (excludes halogenated alkanes) is 1. The molecule has 0 saturated carbocycles. The number of amides is 1. The predicted molar refractivity (Wildman–Crippen MR) is 134 cm³/mol. The third-order valence-electron chi connectivity index (χ3n) is 5.74. The van der Waals surface area contributed by atoms with Crippen LogP contribution in [0.3, 0.4) is 0 Å². The second-order valence-corrected chi connectivity index (χ2v) is 9.04. The topological polar surface area (TPSA) is 128 Å². The van der Waals surface area contributed by atoms with Gasteiger partial charge in [0.05, 0.1) is 12.7 Å². The zero-order valence-electron chi connectivity index (χ0n) is 20.9. The molecule has 10 nitrogen and oxygen atoms in total. The molecular formula is C25H33N5O5. The molecule has 0 aliphatic carbocycles. The van der Waals surface area contributed by atoms with Crippen molar-refractivity contribution in [3.05, 3.63) is 56.0 Å². The molecule has 0 aliphatic rings. The number of ether oxygens (including phenoxy) is 1. The Morgan fingerprint density at radius 1 is 1.20 bits per heavy atom. The Morgan fingerprint density at radius 2 is 1.94 bits per heavy atom. The van der Waals surface area contributed by atoms with Crippen LogP contribution < -0.4 is 16.6 Å². The maximum atomic E-state index is 12.7. The van der Waals surface area contributed by atoms with Crippen LogP contribution in [0.25, 0.3) is 11.2 Å². The minimum absolute atomic E-state index is 0.136. The number of hydrogen-bond acceptors (Lipinski definition) is 6. The maximum Gasteiger partial charge on any atom is 0.337 e. The molecule has 2 N–H and O–H groups in total. The highest BCUT2D eigenvalue weighted by Crippen LogP contribution is 2.19. The Balaban J connectivity index is 1.87. The normalized spacial score (nSPS) is 11.3. The van der Waals surface area contributed by atoms with E-state index in [1.54, 1.807) is 25.1 Å². The molecule has 3 rings (SSSR count). The quantitative estimate of drug-likeness (QED) is 0.427. The van der Waals surface area contributed by atoms with Gasteiger partial charge in [0, 0.05) is 31.6 Å². The number of methoxy groups -OCH3 is 1. The lowest BCUT2D eigenvalue weighted by atomic mass is 10.1. The van der Waals surface area contributed by atoms with Crippen molar-refractivity contribution in [2.45, 2.75) is 66.5 Å². The van der Waals surface area contributed by atoms with Gasteiger partial charge in [-0.15, -0.1) is 0 Å². The van der Waals surface area contributed by atoms with E-state index in [0.29, 0.717) is 47.7 Å². The monoisotopic (exact) mass is 483 g/mol. The van der Waals surface area contributed by atoms with Crippen LogP contribution in [0.2, 0.25) is 0 Å². The van der Waals surface area contributed by atoms with Crippen LogP contribution in [0.4, 0.5) is 5.69 Å². The third kappa shape index (κ3) is 5.87. The van der Waals surface area contributed by atoms with Gasteiger partial charge >= 0.3 is 11.7 Å². The Kier molecular flexibility index (Phi) is 8.26. The Labute approximate surface area is 203 Å². The number of carbonyl (C=O) groups is 2. The number of aryl methyl sites for hydroxylation is 3. The van der Waals surface area contributed by atoms with Crippen LogP contribution in [-0.4, -0.2) is 38.1 Å². The number of benzene rings is 1. The molecule has 2 aromatic heterocycles. The average molecular weight is 484 g/mol. The highest BCUT2D eigenvalue weighted by atomic mass is 16.5. The van der Waals surface area contributed by atoms with Crippen LogP contribution >= 0.6 is 0 Å². The molecule has 0 radical (unpaired) electrons. The van der Waals surface area contributed by atoms with Crippen LogP contribution in [0, 0.1) is 12.8 Å². The van der Waals surface area contributed by atoms with Crippen molar-refractivity contribution in [1.82, 2.24) is 19.1 Å². The fourth-order valence-corrected chi connectivity index (χ4v) is 3.98. The second kappa shape index (κ2) is 11.2. The number of aromatic amines is 1. The first-order valence-electron chi connectivity index (χ1n) is 11.9. The highest BCUT2D eigenvalue weighted by molar-refractivity contribution is 5.94. The van der Waals surface area contributed by atoms with E-state index in [-0.39, 0.29) is 18.2 Å². The van der Waals surface area contributed by atoms with Gasteiger partial charge in [0.2, 0.25) is 5.91 Å². The summed E-state index contributed by atoms with van der Waals surface area (Å²) >= 11 is 0. The van der Waals surface area contributed by atoms with Gasteiger partial charge in [-0.2, -0.15) is 0 Å². The molecule has 10 heteroatoms. The van der Waals surface area contributed by atoms with E-state index >= 15 is 0 Å². The minimum atomic E-state index is -0.472. The van der Waals surface area contributed by atoms with Gasteiger partial charge in [-0.1, -0.05) is 27.2 Å². The van der Waals surface area contributed by atoms with Crippen molar-refractivity contribution >= 4 is 28.7 Å². The fourth-order valence-electron chi connectivity index (χ4n) is 3.98. The maximum absolute atomic E-state index is 12.7. The molecule has 3 aromatic rings. The number of anilines is 1. The molecule has 0 aliphatic heterocycles. The summed E-state index contributed by atoms with van der Waals surface area (Å²) in [6.07, 6.45) is 2.11. The number of H-pyrrole nitrogens is 1. The molecule has 0 spiro atoms. The summed E-state index contributed by atoms with van der Waals surface area (Å²) in [6, 6.07) is 4.92. The van der Waals surface area contributed by atoms with Crippen molar-refractivity contribution in [3.63, 3.8) is 0 Å². The van der Waals surface area contributed by atoms with Crippen LogP contribution in [0.1, 0.15) is 61.8 Å². The second-order valence-electron chi connectivity index (χ2n) is 9.04. The SMILES string of the molecule is CCCCn1c(=O)[nH]c(=O)c2c1nc(CCC(=O)Nc1ccc(C(=O)OC)cc1C)n2CC(C)C. The molecule has 1 amide bonds. The van der Waals surface area contributed by atoms with Crippen LogP contribution in [0.5, 0.6) is 0 Å². The van der Waals surface area contributed by atoms with Crippen molar-refractivity contribution in [3.8, 4) is 0 Å². The van der Waals surface area contributed by atoms with E-state index in [4.69, 9.17) is 4.74 Å². The van der Waals surface area contributed by atoms with Crippen LogP contribution in [0.15, 0.2) is 27.8 Å². The lowest BCUT2D eigenvalue weighted by Crippen LogP contribution is -2.31. The van der Waals surface area contributed by atoms with E-state index in [1.165, 1.54) is 11.7 Å². The molecule has 0 atom stereocenters. The van der Waals surface area contributed by atoms with Gasteiger partial charge in [-0.25, -0.2) is 14.6 Å². The first kappa shape index (κ1) is 25.9. The fraction of sp³-hybridized carbons (Fsp3) is 0.480. The summed E-state index contributed by atoms with van der Waals surface area (Å²) in [5, 5.41) is 2.87. The smallest absolute Gasteiger partial charge is 0.337 e. The van der Waals surface area contributed by atoms with Crippen molar-refractivity contribution in [1.29, 1.82) is 0 Å². The standard InChI is InChI=1S/C25H33N5O5/c1-6-7-12-29-22-21(23(32)28-25(29)34)30(14-15(2)3)19(27-22)10-11-20(31)26-18-9-8-17(13-16(18)4)24(33)35-5/h8-9,13,15H,6-7,10-12,14H2,1-5H3,(H,26,31)(H,28,32,34). The van der Waals surface area contributed by atoms with Gasteiger partial charge in [0.15, 0.2) is 11.2 Å². The van der Waals surface area contributed by atoms with Gasteiger partial charge < -0.3 is 14.6 Å². The number of nitrogens with one attached hydrogen (secondary N) is 2. The largest absolute Gasteiger partial charge is 0.465 e. The van der Waals surface area contributed by atoms with Gasteiger partial charge in [0.25, 0.3) is 5.56 Å². The first-order valence-corrected chi connectivity index (χ1v) is 11.9. The molecular weight excluding hydrogens is 450 g/mol. The summed E-state index contributed by atoms with van der Waals surface area (Å²) in [5.74, 6) is 0.149. The number of fused-ring (bicyclic) bond motifs is 1. The molecule has 35 heavy (non-hydrogen) atoms. The van der Waals surface area contributed by atoms with Gasteiger partial charge in [0.1, 0.15) is 5.82 Å². The molecule has 2 heterocycles. The number of esters is 1. The summed E-state index contributed by atoms with van der Waals surface area (Å²) in [6.45, 7) is 8.89. The van der Waals surface area contributed by atoms with E-state index in [1.807, 2.05) is 25.3 Å². The highest BCUT2D eigenvalue weighted by Gasteiger charge is 2.20. The Hall–Kier alpha value is -3.69. The van der Waals surface area contributed by atoms with E-state index in [9.17, 15) is 19.2 Å². The number of nitrogens with zero attached hydrogens (tertiary/aromatic N) is 3. The minimum Gasteiger partial charge on any atom is -0.465 e. The van der Waals surface area contributed by atoms with E-state index in [2.05, 4.69) is 15.3 Å². The number of rotatable bonds is 10. The summed E-state index contributed by atoms with van der Waals surface area (Å²) in [4.78, 5) is 56.7. The van der Waals surface area contributed by atoms with Crippen molar-refractivity contribution in [2.24, 2.45) is 5.92 Å². The zero-order valence-corrected chi connectivity index (χ0v) is 20.9. The summed E-state index contributed by atoms with van der Waals surface area (Å²) in [5.41, 5.74) is 1.52. The summed E-state index contributed by atoms with van der Waals surface area (Å²) < 4.78 is 8.06. The number of aromatic nitrogens is 4. The van der Waals surface area contributed by atoms with Crippen molar-refractivity contribution < 1.29 is 14.3 Å². The van der Waals surface area contributed by atoms with Crippen LogP contribution in [-0.2, 0) is 29.0 Å². The number of imidazole rings is 1. The Morgan fingerprint density at radius 3 is 2.57 bits per heavy atom. The average Bonchev–Trinajstić information content (AvgIpc) is 3.16. The van der Waals surface area contributed by atoms with Crippen molar-refractivity contribution in [2.75, 3.05) is 12.4 Å². The number of hydrogen-bond donors (Lipinski definition) is 2. The molecule has 1 aromatic carbocycles. The van der Waals surface area contributed by atoms with Gasteiger partial charge in [-0.05, 0) is 43.0 Å². The first-order chi connectivity index (χ1) is 16.7. The Bertz CT molecular complexity index is 1350. The molecule has 0 bridgehead atoms.